The van der Waals surface area contributed by atoms with Gasteiger partial charge < -0.3 is 5.73 Å². The van der Waals surface area contributed by atoms with Gasteiger partial charge in [-0.05, 0) is 38.6 Å². The highest BCUT2D eigenvalue weighted by Crippen LogP contribution is 2.36. The van der Waals surface area contributed by atoms with Crippen molar-refractivity contribution < 1.29 is 0 Å². The minimum atomic E-state index is 0.302. The quantitative estimate of drug-likeness (QED) is 0.838. The maximum atomic E-state index is 6.27. The van der Waals surface area contributed by atoms with Crippen molar-refractivity contribution in [2.24, 2.45) is 11.7 Å². The molecule has 2 atom stereocenters. The molecule has 0 aromatic heterocycles. The third kappa shape index (κ3) is 3.52. The second kappa shape index (κ2) is 7.08. The van der Waals surface area contributed by atoms with Crippen LogP contribution in [-0.4, -0.2) is 30.1 Å². The minimum absolute atomic E-state index is 0.302. The molecule has 0 aliphatic heterocycles. The monoisotopic (exact) mass is 266 g/mol. The maximum absolute atomic E-state index is 6.27. The minimum Gasteiger partial charge on any atom is -0.329 e. The lowest BCUT2D eigenvalue weighted by molar-refractivity contribution is 0.0142. The molecule has 2 N–H and O–H groups in total. The van der Waals surface area contributed by atoms with E-state index in [9.17, 15) is 0 Å². The number of hydrogen-bond donors (Lipinski definition) is 1. The van der Waals surface area contributed by atoms with E-state index < -0.39 is 0 Å². The molecular weight excluding hydrogens is 232 g/mol. The van der Waals surface area contributed by atoms with E-state index in [1.807, 2.05) is 0 Å². The Labute approximate surface area is 120 Å². The van der Waals surface area contributed by atoms with Gasteiger partial charge >= 0.3 is 0 Å². The van der Waals surface area contributed by atoms with E-state index in [0.29, 0.717) is 5.54 Å². The fraction of sp³-hybridized carbons (Fsp3) is 1.00. The Morgan fingerprint density at radius 3 is 2.11 bits per heavy atom. The molecule has 112 valence electrons. The van der Waals surface area contributed by atoms with Crippen molar-refractivity contribution >= 4 is 0 Å². The van der Waals surface area contributed by atoms with Crippen LogP contribution in [0.5, 0.6) is 0 Å². The predicted molar refractivity (Wildman–Crippen MR) is 83.3 cm³/mol. The lowest BCUT2D eigenvalue weighted by Gasteiger charge is -2.49. The van der Waals surface area contributed by atoms with Crippen LogP contribution in [0.2, 0.25) is 0 Å². The van der Waals surface area contributed by atoms with E-state index in [2.05, 4.69) is 18.9 Å². The molecule has 2 aliphatic carbocycles. The third-order valence-electron chi connectivity index (χ3n) is 5.98. The van der Waals surface area contributed by atoms with E-state index in [-0.39, 0.29) is 0 Å². The molecule has 0 aromatic rings. The van der Waals surface area contributed by atoms with Gasteiger partial charge in [0.25, 0.3) is 0 Å². The molecule has 2 saturated carbocycles. The summed E-state index contributed by atoms with van der Waals surface area (Å²) in [5, 5.41) is 0. The van der Waals surface area contributed by atoms with Crippen molar-refractivity contribution in [1.29, 1.82) is 0 Å². The van der Waals surface area contributed by atoms with Gasteiger partial charge in [-0.25, -0.2) is 0 Å². The molecule has 2 fully saturated rings. The molecule has 0 heterocycles. The molecule has 2 unspecified atom stereocenters. The lowest BCUT2D eigenvalue weighted by atomic mass is 9.78. The van der Waals surface area contributed by atoms with Crippen LogP contribution in [-0.2, 0) is 0 Å². The van der Waals surface area contributed by atoms with Gasteiger partial charge in [-0.3, -0.25) is 4.90 Å². The summed E-state index contributed by atoms with van der Waals surface area (Å²) in [6.07, 6.45) is 15.3. The first-order valence-corrected chi connectivity index (χ1v) is 8.63. The molecule has 2 rings (SSSR count). The van der Waals surface area contributed by atoms with Crippen LogP contribution in [0.1, 0.15) is 77.6 Å². The highest BCUT2D eigenvalue weighted by molar-refractivity contribution is 4.96. The highest BCUT2D eigenvalue weighted by Gasteiger charge is 2.38. The average molecular weight is 266 g/mol. The van der Waals surface area contributed by atoms with Crippen molar-refractivity contribution in [2.45, 2.75) is 89.1 Å². The van der Waals surface area contributed by atoms with E-state index in [0.717, 1.165) is 18.5 Å². The van der Waals surface area contributed by atoms with Crippen molar-refractivity contribution in [3.63, 3.8) is 0 Å². The summed E-state index contributed by atoms with van der Waals surface area (Å²) in [6, 6.07) is 0.775. The molecule has 2 heteroatoms. The molecule has 0 amide bonds. The van der Waals surface area contributed by atoms with Gasteiger partial charge in [-0.2, -0.15) is 0 Å². The number of likely N-dealkylation sites (N-methyl/N-ethyl adjacent to an activating group) is 1. The van der Waals surface area contributed by atoms with E-state index in [1.165, 1.54) is 70.6 Å². The van der Waals surface area contributed by atoms with Gasteiger partial charge in [-0.1, -0.05) is 51.9 Å². The molecular formula is C17H34N2. The molecule has 0 spiro atoms. The topological polar surface area (TPSA) is 29.3 Å². The molecule has 2 nitrogen and oxygen atoms in total. The largest absolute Gasteiger partial charge is 0.329 e. The number of nitrogens with two attached hydrogens (primary N) is 1. The zero-order valence-corrected chi connectivity index (χ0v) is 13.2. The van der Waals surface area contributed by atoms with Crippen LogP contribution in [0.15, 0.2) is 0 Å². The predicted octanol–water partition coefficient (Wildman–Crippen LogP) is 3.94. The van der Waals surface area contributed by atoms with Crippen molar-refractivity contribution in [2.75, 3.05) is 13.6 Å². The molecule has 19 heavy (non-hydrogen) atoms. The summed E-state index contributed by atoms with van der Waals surface area (Å²) in [5.74, 6) is 0.854. The third-order valence-corrected chi connectivity index (χ3v) is 5.98. The lowest BCUT2D eigenvalue weighted by Crippen LogP contribution is -2.58. The van der Waals surface area contributed by atoms with Crippen molar-refractivity contribution in [1.82, 2.24) is 4.90 Å². The second-order valence-electron chi connectivity index (χ2n) is 7.14. The van der Waals surface area contributed by atoms with Gasteiger partial charge in [0.1, 0.15) is 0 Å². The molecule has 0 radical (unpaired) electrons. The van der Waals surface area contributed by atoms with Crippen molar-refractivity contribution in [3.05, 3.63) is 0 Å². The summed E-state index contributed by atoms with van der Waals surface area (Å²) in [5.41, 5.74) is 6.57. The van der Waals surface area contributed by atoms with Crippen LogP contribution in [0.4, 0.5) is 0 Å². The summed E-state index contributed by atoms with van der Waals surface area (Å²) in [7, 11) is 2.38. The normalized spacial score (nSPS) is 32.8. The first-order chi connectivity index (χ1) is 9.19. The summed E-state index contributed by atoms with van der Waals surface area (Å²) < 4.78 is 0. The Morgan fingerprint density at radius 1 is 0.947 bits per heavy atom. The second-order valence-corrected chi connectivity index (χ2v) is 7.14. The standard InChI is InChI=1S/C17H34N2/c1-15-10-6-7-11-16(15)19(2)17(14-18)12-8-4-3-5-9-13-17/h15-16H,3-14,18H2,1-2H3. The van der Waals surface area contributed by atoms with Gasteiger partial charge in [0, 0.05) is 18.1 Å². The summed E-state index contributed by atoms with van der Waals surface area (Å²) >= 11 is 0. The Bertz CT molecular complexity index is 256. The zero-order chi connectivity index (χ0) is 13.7. The van der Waals surface area contributed by atoms with Gasteiger partial charge in [0.15, 0.2) is 0 Å². The van der Waals surface area contributed by atoms with Crippen molar-refractivity contribution in [3.8, 4) is 0 Å². The fourth-order valence-electron chi connectivity index (χ4n) is 4.49. The molecule has 0 aromatic carbocycles. The first kappa shape index (κ1) is 15.3. The van der Waals surface area contributed by atoms with Crippen LogP contribution in [0.3, 0.4) is 0 Å². The molecule has 2 aliphatic rings. The Balaban J connectivity index is 2.08. The van der Waals surface area contributed by atoms with Gasteiger partial charge in [0.2, 0.25) is 0 Å². The SMILES string of the molecule is CC1CCCCC1N(C)C1(CN)CCCCCCC1. The summed E-state index contributed by atoms with van der Waals surface area (Å²) in [4.78, 5) is 2.72. The molecule has 0 saturated heterocycles. The van der Waals surface area contributed by atoms with E-state index >= 15 is 0 Å². The summed E-state index contributed by atoms with van der Waals surface area (Å²) in [6.45, 7) is 3.31. The maximum Gasteiger partial charge on any atom is 0.0331 e. The van der Waals surface area contributed by atoms with Crippen LogP contribution >= 0.6 is 0 Å². The van der Waals surface area contributed by atoms with Crippen LogP contribution < -0.4 is 5.73 Å². The first-order valence-electron chi connectivity index (χ1n) is 8.63. The average Bonchev–Trinajstić information content (AvgIpc) is 2.39. The fourth-order valence-corrected chi connectivity index (χ4v) is 4.49. The molecule has 0 bridgehead atoms. The van der Waals surface area contributed by atoms with Gasteiger partial charge in [0.05, 0.1) is 0 Å². The number of rotatable bonds is 3. The zero-order valence-electron chi connectivity index (χ0n) is 13.2. The van der Waals surface area contributed by atoms with E-state index in [4.69, 9.17) is 5.73 Å². The Hall–Kier alpha value is -0.0800. The Kier molecular flexibility index (Phi) is 5.70. The Morgan fingerprint density at radius 2 is 1.53 bits per heavy atom. The van der Waals surface area contributed by atoms with Crippen LogP contribution in [0, 0.1) is 5.92 Å². The van der Waals surface area contributed by atoms with Crippen LogP contribution in [0.25, 0.3) is 0 Å². The highest BCUT2D eigenvalue weighted by atomic mass is 15.2. The van der Waals surface area contributed by atoms with Gasteiger partial charge in [-0.15, -0.1) is 0 Å². The number of nitrogens with zero attached hydrogens (tertiary/aromatic N) is 1. The number of hydrogen-bond acceptors (Lipinski definition) is 2. The van der Waals surface area contributed by atoms with E-state index in [1.54, 1.807) is 0 Å². The smallest absolute Gasteiger partial charge is 0.0331 e.